The average molecular weight is 314 g/mol. The van der Waals surface area contributed by atoms with E-state index in [1.54, 1.807) is 0 Å². The summed E-state index contributed by atoms with van der Waals surface area (Å²) in [7, 11) is 0. The third-order valence-electron chi connectivity index (χ3n) is 4.25. The van der Waals surface area contributed by atoms with Gasteiger partial charge in [-0.25, -0.2) is 0 Å². The van der Waals surface area contributed by atoms with Gasteiger partial charge in [0.2, 0.25) is 5.91 Å². The molecule has 1 saturated heterocycles. The van der Waals surface area contributed by atoms with Crippen LogP contribution in [-0.4, -0.2) is 57.6 Å². The second-order valence-corrected chi connectivity index (χ2v) is 6.15. The Labute approximate surface area is 135 Å². The summed E-state index contributed by atoms with van der Waals surface area (Å²) in [6.45, 7) is 7.19. The summed E-state index contributed by atoms with van der Waals surface area (Å²) < 4.78 is 0. The number of piperazine rings is 1. The fourth-order valence-corrected chi connectivity index (χ4v) is 2.75. The first-order valence-corrected chi connectivity index (χ1v) is 7.98. The summed E-state index contributed by atoms with van der Waals surface area (Å²) in [4.78, 5) is 16.4. The van der Waals surface area contributed by atoms with Gasteiger partial charge in [0, 0.05) is 26.2 Å². The van der Waals surface area contributed by atoms with Crippen molar-refractivity contribution in [2.75, 3.05) is 31.1 Å². The van der Waals surface area contributed by atoms with Gasteiger partial charge in [0.25, 0.3) is 5.95 Å². The number of aromatic amines is 1. The van der Waals surface area contributed by atoms with Crippen LogP contribution < -0.4 is 4.90 Å². The van der Waals surface area contributed by atoms with E-state index in [9.17, 15) is 4.79 Å². The van der Waals surface area contributed by atoms with E-state index in [0.717, 1.165) is 18.7 Å². The Hall–Kier alpha value is -2.44. The normalized spacial score (nSPS) is 15.3. The maximum absolute atomic E-state index is 12.4. The van der Waals surface area contributed by atoms with E-state index in [4.69, 9.17) is 0 Å². The Bertz CT molecular complexity index is 629. The topological polar surface area (TPSA) is 78.0 Å². The molecule has 1 aliphatic heterocycles. The molecule has 1 amide bonds. The zero-order chi connectivity index (χ0) is 16.2. The summed E-state index contributed by atoms with van der Waals surface area (Å²) >= 11 is 0. The lowest BCUT2D eigenvalue weighted by Gasteiger charge is -2.34. The van der Waals surface area contributed by atoms with Crippen LogP contribution in [0.15, 0.2) is 24.3 Å². The summed E-state index contributed by atoms with van der Waals surface area (Å²) in [6.07, 6.45) is 0.459. The molecule has 1 aromatic carbocycles. The fourth-order valence-electron chi connectivity index (χ4n) is 2.75. The van der Waals surface area contributed by atoms with E-state index in [1.807, 2.05) is 9.80 Å². The van der Waals surface area contributed by atoms with Crippen molar-refractivity contribution in [2.45, 2.75) is 26.2 Å². The van der Waals surface area contributed by atoms with Crippen LogP contribution in [0.5, 0.6) is 0 Å². The third kappa shape index (κ3) is 3.67. The number of carbonyl (C=O) groups is 1. The monoisotopic (exact) mass is 314 g/mol. The van der Waals surface area contributed by atoms with Gasteiger partial charge in [-0.15, -0.1) is 5.10 Å². The van der Waals surface area contributed by atoms with Crippen LogP contribution in [0.25, 0.3) is 0 Å². The van der Waals surface area contributed by atoms with Crippen molar-refractivity contribution < 1.29 is 4.79 Å². The van der Waals surface area contributed by atoms with Crippen LogP contribution >= 0.6 is 0 Å². The van der Waals surface area contributed by atoms with E-state index >= 15 is 0 Å². The number of nitrogens with zero attached hydrogens (tertiary/aromatic N) is 5. The molecule has 0 saturated carbocycles. The number of rotatable bonds is 4. The minimum Gasteiger partial charge on any atom is -0.339 e. The Kier molecular flexibility index (Phi) is 4.55. The first-order valence-electron chi connectivity index (χ1n) is 7.98. The molecule has 7 nitrogen and oxygen atoms in total. The maximum atomic E-state index is 12.4. The molecule has 3 rings (SSSR count). The van der Waals surface area contributed by atoms with Crippen molar-refractivity contribution in [3.05, 3.63) is 35.4 Å². The number of hydrogen-bond donors (Lipinski definition) is 1. The minimum absolute atomic E-state index is 0.176. The Morgan fingerprint density at radius 2 is 1.87 bits per heavy atom. The average Bonchev–Trinajstić information content (AvgIpc) is 3.10. The van der Waals surface area contributed by atoms with Crippen molar-refractivity contribution in [1.82, 2.24) is 25.5 Å². The lowest BCUT2D eigenvalue weighted by Crippen LogP contribution is -2.49. The summed E-state index contributed by atoms with van der Waals surface area (Å²) in [5, 5.41) is 14.0. The molecule has 1 aliphatic rings. The van der Waals surface area contributed by atoms with Gasteiger partial charge in [-0.05, 0) is 22.3 Å². The van der Waals surface area contributed by atoms with E-state index < -0.39 is 0 Å². The lowest BCUT2D eigenvalue weighted by molar-refractivity contribution is -0.130. The van der Waals surface area contributed by atoms with Crippen molar-refractivity contribution in [3.63, 3.8) is 0 Å². The molecule has 0 atom stereocenters. The maximum Gasteiger partial charge on any atom is 0.265 e. The van der Waals surface area contributed by atoms with Gasteiger partial charge in [0.1, 0.15) is 0 Å². The van der Waals surface area contributed by atoms with E-state index in [2.05, 4.69) is 58.7 Å². The molecule has 122 valence electrons. The molecule has 2 heterocycles. The van der Waals surface area contributed by atoms with Crippen LogP contribution in [0.3, 0.4) is 0 Å². The number of benzene rings is 1. The molecular formula is C16H22N6O. The molecule has 0 bridgehead atoms. The highest BCUT2D eigenvalue weighted by molar-refractivity contribution is 5.79. The van der Waals surface area contributed by atoms with Gasteiger partial charge >= 0.3 is 0 Å². The Morgan fingerprint density at radius 1 is 1.17 bits per heavy atom. The SMILES string of the molecule is CC(C)c1ccc(CC(=O)N2CCN(c3nn[nH]n3)CC2)cc1. The van der Waals surface area contributed by atoms with E-state index in [0.29, 0.717) is 31.4 Å². The van der Waals surface area contributed by atoms with Crippen molar-refractivity contribution in [1.29, 1.82) is 0 Å². The fraction of sp³-hybridized carbons (Fsp3) is 0.500. The molecule has 23 heavy (non-hydrogen) atoms. The smallest absolute Gasteiger partial charge is 0.265 e. The van der Waals surface area contributed by atoms with Crippen molar-refractivity contribution in [3.8, 4) is 0 Å². The first kappa shape index (κ1) is 15.5. The second-order valence-electron chi connectivity index (χ2n) is 6.15. The molecule has 7 heteroatoms. The minimum atomic E-state index is 0.176. The van der Waals surface area contributed by atoms with Gasteiger partial charge in [-0.3, -0.25) is 4.79 Å². The molecule has 1 fully saturated rings. The number of hydrogen-bond acceptors (Lipinski definition) is 5. The Balaban J connectivity index is 1.53. The standard InChI is InChI=1S/C16H22N6O/c1-12(2)14-5-3-13(4-6-14)11-15(23)21-7-9-22(10-8-21)16-17-19-20-18-16/h3-6,12H,7-11H2,1-2H3,(H,17,18,19,20). The third-order valence-corrected chi connectivity index (χ3v) is 4.25. The number of carbonyl (C=O) groups excluding carboxylic acids is 1. The molecular weight excluding hydrogens is 292 g/mol. The van der Waals surface area contributed by atoms with E-state index in [1.165, 1.54) is 5.56 Å². The van der Waals surface area contributed by atoms with Gasteiger partial charge < -0.3 is 9.80 Å². The summed E-state index contributed by atoms with van der Waals surface area (Å²) in [5.41, 5.74) is 2.37. The molecule has 0 spiro atoms. The highest BCUT2D eigenvalue weighted by Gasteiger charge is 2.23. The van der Waals surface area contributed by atoms with Crippen LogP contribution in [0.2, 0.25) is 0 Å². The number of anilines is 1. The van der Waals surface area contributed by atoms with Crippen LogP contribution in [0.4, 0.5) is 5.95 Å². The van der Waals surface area contributed by atoms with Crippen LogP contribution in [-0.2, 0) is 11.2 Å². The predicted molar refractivity (Wildman–Crippen MR) is 87.2 cm³/mol. The van der Waals surface area contributed by atoms with Crippen LogP contribution in [0, 0.1) is 0 Å². The number of tetrazole rings is 1. The lowest BCUT2D eigenvalue weighted by atomic mass is 10.0. The van der Waals surface area contributed by atoms with E-state index in [-0.39, 0.29) is 5.91 Å². The van der Waals surface area contributed by atoms with Gasteiger partial charge in [0.15, 0.2) is 0 Å². The highest BCUT2D eigenvalue weighted by atomic mass is 16.2. The first-order chi connectivity index (χ1) is 11.1. The van der Waals surface area contributed by atoms with Gasteiger partial charge in [0.05, 0.1) is 6.42 Å². The summed E-state index contributed by atoms with van der Waals surface area (Å²) in [5.74, 6) is 1.29. The summed E-state index contributed by atoms with van der Waals surface area (Å²) in [6, 6.07) is 8.34. The molecule has 2 aromatic rings. The second kappa shape index (κ2) is 6.76. The molecule has 1 N–H and O–H groups in total. The predicted octanol–water partition coefficient (Wildman–Crippen LogP) is 1.21. The molecule has 0 unspecified atom stereocenters. The molecule has 0 radical (unpaired) electrons. The quantitative estimate of drug-likeness (QED) is 0.918. The van der Waals surface area contributed by atoms with Crippen LogP contribution in [0.1, 0.15) is 30.9 Å². The number of amides is 1. The number of nitrogens with one attached hydrogen (secondary N) is 1. The zero-order valence-electron chi connectivity index (χ0n) is 13.6. The van der Waals surface area contributed by atoms with Gasteiger partial charge in [-0.1, -0.05) is 43.2 Å². The number of aromatic nitrogens is 4. The zero-order valence-corrected chi connectivity index (χ0v) is 13.6. The van der Waals surface area contributed by atoms with Gasteiger partial charge in [-0.2, -0.15) is 5.21 Å². The Morgan fingerprint density at radius 3 is 2.43 bits per heavy atom. The number of H-pyrrole nitrogens is 1. The largest absolute Gasteiger partial charge is 0.339 e. The van der Waals surface area contributed by atoms with Crippen molar-refractivity contribution in [2.24, 2.45) is 0 Å². The van der Waals surface area contributed by atoms with Crippen molar-refractivity contribution >= 4 is 11.9 Å². The molecule has 1 aromatic heterocycles. The molecule has 0 aliphatic carbocycles. The highest BCUT2D eigenvalue weighted by Crippen LogP contribution is 2.16.